The first-order chi connectivity index (χ1) is 16.4. The molecule has 1 aromatic carbocycles. The second-order valence-electron chi connectivity index (χ2n) is 9.71. The molecule has 1 amide bonds. The third-order valence-corrected chi connectivity index (χ3v) is 7.65. The molecule has 2 aromatic rings. The van der Waals surface area contributed by atoms with Gasteiger partial charge in [-0.2, -0.15) is 0 Å². The van der Waals surface area contributed by atoms with Gasteiger partial charge >= 0.3 is 0 Å². The standard InChI is InChI=1S/C25H31ClFN5O2/c1-16-12-21(33)23-22(16)24(29-15-28-23)31-8-10-32(11-9-31)25(34)20(14-30-7-6-19(27)13-30)17-2-4-18(26)5-3-17/h2-5,15-16,19-21,33H,6-14H2,1H3/t16-,19?,20?,21-/m1/s1. The second kappa shape index (κ2) is 9.76. The fourth-order valence-electron chi connectivity index (χ4n) is 5.54. The molecular formula is C25H31ClFN5O2. The number of amides is 1. The van der Waals surface area contributed by atoms with E-state index >= 15 is 0 Å². The Kier molecular flexibility index (Phi) is 6.73. The number of anilines is 1. The van der Waals surface area contributed by atoms with Crippen molar-refractivity contribution in [2.75, 3.05) is 50.7 Å². The van der Waals surface area contributed by atoms with Gasteiger partial charge in [0.2, 0.25) is 5.91 Å². The summed E-state index contributed by atoms with van der Waals surface area (Å²) in [6.45, 7) is 6.18. The van der Waals surface area contributed by atoms with Crippen LogP contribution in [-0.4, -0.2) is 82.8 Å². The van der Waals surface area contributed by atoms with Gasteiger partial charge in [-0.3, -0.25) is 9.69 Å². The van der Waals surface area contributed by atoms with E-state index in [1.54, 1.807) is 0 Å². The molecule has 5 rings (SSSR count). The Hall–Kier alpha value is -2.29. The highest BCUT2D eigenvalue weighted by Gasteiger charge is 2.36. The van der Waals surface area contributed by atoms with Gasteiger partial charge in [0.15, 0.2) is 0 Å². The van der Waals surface area contributed by atoms with Crippen LogP contribution in [0.25, 0.3) is 0 Å². The van der Waals surface area contributed by atoms with Gasteiger partial charge < -0.3 is 14.9 Å². The van der Waals surface area contributed by atoms with Crippen molar-refractivity contribution in [3.63, 3.8) is 0 Å². The zero-order valence-electron chi connectivity index (χ0n) is 19.4. The molecule has 3 aliphatic rings. The maximum Gasteiger partial charge on any atom is 0.231 e. The summed E-state index contributed by atoms with van der Waals surface area (Å²) < 4.78 is 13.8. The lowest BCUT2D eigenvalue weighted by molar-refractivity contribution is -0.133. The number of carbonyl (C=O) groups excluding carboxylic acids is 1. The first-order valence-electron chi connectivity index (χ1n) is 12.1. The molecule has 0 bridgehead atoms. The number of fused-ring (bicyclic) bond motifs is 1. The molecule has 1 N–H and O–H groups in total. The number of aromatic nitrogens is 2. The molecule has 2 aliphatic heterocycles. The van der Waals surface area contributed by atoms with E-state index in [9.17, 15) is 14.3 Å². The Labute approximate surface area is 204 Å². The molecule has 1 aromatic heterocycles. The van der Waals surface area contributed by atoms with Crippen LogP contribution in [0.4, 0.5) is 10.2 Å². The van der Waals surface area contributed by atoms with Crippen LogP contribution in [0.15, 0.2) is 30.6 Å². The minimum Gasteiger partial charge on any atom is -0.387 e. The molecule has 0 saturated carbocycles. The van der Waals surface area contributed by atoms with Gasteiger partial charge in [-0.1, -0.05) is 30.7 Å². The first-order valence-corrected chi connectivity index (χ1v) is 12.5. The minimum atomic E-state index is -0.819. The molecule has 0 spiro atoms. The van der Waals surface area contributed by atoms with E-state index in [0.717, 1.165) is 22.6 Å². The fraction of sp³-hybridized carbons (Fsp3) is 0.560. The number of hydrogen-bond acceptors (Lipinski definition) is 6. The molecule has 182 valence electrons. The van der Waals surface area contributed by atoms with Crippen molar-refractivity contribution in [1.82, 2.24) is 19.8 Å². The first kappa shape index (κ1) is 23.5. The number of hydrogen-bond donors (Lipinski definition) is 1. The molecule has 34 heavy (non-hydrogen) atoms. The van der Waals surface area contributed by atoms with Gasteiger partial charge in [-0.05, 0) is 36.5 Å². The van der Waals surface area contributed by atoms with Crippen LogP contribution in [0.1, 0.15) is 54.5 Å². The lowest BCUT2D eigenvalue weighted by Gasteiger charge is -2.38. The maximum atomic E-state index is 13.8. The molecule has 2 saturated heterocycles. The van der Waals surface area contributed by atoms with Crippen molar-refractivity contribution >= 4 is 23.3 Å². The van der Waals surface area contributed by atoms with E-state index in [-0.39, 0.29) is 17.7 Å². The number of halogens is 2. The van der Waals surface area contributed by atoms with Crippen LogP contribution in [0.5, 0.6) is 0 Å². The van der Waals surface area contributed by atoms with Crippen LogP contribution in [0.2, 0.25) is 5.02 Å². The average Bonchev–Trinajstić information content (AvgIpc) is 3.39. The highest BCUT2D eigenvalue weighted by Crippen LogP contribution is 2.42. The van der Waals surface area contributed by atoms with Crippen molar-refractivity contribution in [3.8, 4) is 0 Å². The van der Waals surface area contributed by atoms with E-state index in [4.69, 9.17) is 11.6 Å². The predicted octanol–water partition coefficient (Wildman–Crippen LogP) is 3.15. The van der Waals surface area contributed by atoms with Crippen LogP contribution < -0.4 is 4.90 Å². The number of alkyl halides is 1. The van der Waals surface area contributed by atoms with E-state index < -0.39 is 12.3 Å². The summed E-state index contributed by atoms with van der Waals surface area (Å²) in [6.07, 6.45) is 1.36. The predicted molar refractivity (Wildman–Crippen MR) is 129 cm³/mol. The summed E-state index contributed by atoms with van der Waals surface area (Å²) in [4.78, 5) is 28.7. The fourth-order valence-corrected chi connectivity index (χ4v) is 5.67. The molecule has 7 nitrogen and oxygen atoms in total. The number of carbonyl (C=O) groups is 1. The van der Waals surface area contributed by atoms with Crippen molar-refractivity contribution in [2.45, 2.75) is 43.9 Å². The third kappa shape index (κ3) is 4.63. The summed E-state index contributed by atoms with van der Waals surface area (Å²) in [5.74, 6) is 0.796. The highest BCUT2D eigenvalue weighted by atomic mass is 35.5. The lowest BCUT2D eigenvalue weighted by atomic mass is 9.96. The Balaban J connectivity index is 1.30. The smallest absolute Gasteiger partial charge is 0.231 e. The Morgan fingerprint density at radius 2 is 1.91 bits per heavy atom. The van der Waals surface area contributed by atoms with Gasteiger partial charge in [-0.15, -0.1) is 0 Å². The molecule has 1 aliphatic carbocycles. The number of aliphatic hydroxyl groups is 1. The summed E-state index contributed by atoms with van der Waals surface area (Å²) in [7, 11) is 0. The monoisotopic (exact) mass is 487 g/mol. The van der Waals surface area contributed by atoms with Crippen molar-refractivity contribution < 1.29 is 14.3 Å². The number of rotatable bonds is 5. The quantitative estimate of drug-likeness (QED) is 0.698. The normalized spacial score (nSPS) is 26.1. The molecule has 4 atom stereocenters. The van der Waals surface area contributed by atoms with Crippen LogP contribution in [0, 0.1) is 0 Å². The van der Waals surface area contributed by atoms with E-state index in [2.05, 4.69) is 26.7 Å². The van der Waals surface area contributed by atoms with E-state index in [0.29, 0.717) is 63.7 Å². The SMILES string of the molecule is C[C@@H]1C[C@@H](O)c2ncnc(N3CCN(C(=O)C(CN4CCC(F)C4)c4ccc(Cl)cc4)CC3)c21. The number of piperazine rings is 1. The Morgan fingerprint density at radius 1 is 1.18 bits per heavy atom. The Morgan fingerprint density at radius 3 is 2.59 bits per heavy atom. The van der Waals surface area contributed by atoms with Crippen molar-refractivity contribution in [1.29, 1.82) is 0 Å². The molecule has 3 heterocycles. The largest absolute Gasteiger partial charge is 0.387 e. The van der Waals surface area contributed by atoms with Gasteiger partial charge in [0.25, 0.3) is 0 Å². The van der Waals surface area contributed by atoms with Gasteiger partial charge in [-0.25, -0.2) is 14.4 Å². The zero-order valence-corrected chi connectivity index (χ0v) is 20.2. The van der Waals surface area contributed by atoms with Crippen molar-refractivity contribution in [3.05, 3.63) is 52.4 Å². The summed E-state index contributed by atoms with van der Waals surface area (Å²) in [5, 5.41) is 10.9. The highest BCUT2D eigenvalue weighted by molar-refractivity contribution is 6.30. The van der Waals surface area contributed by atoms with Crippen molar-refractivity contribution in [2.24, 2.45) is 0 Å². The number of aliphatic hydroxyl groups excluding tert-OH is 1. The van der Waals surface area contributed by atoms with Crippen LogP contribution >= 0.6 is 11.6 Å². The topological polar surface area (TPSA) is 72.8 Å². The second-order valence-corrected chi connectivity index (χ2v) is 10.1. The Bertz CT molecular complexity index is 1030. The molecule has 2 fully saturated rings. The van der Waals surface area contributed by atoms with Crippen LogP contribution in [-0.2, 0) is 4.79 Å². The van der Waals surface area contributed by atoms with Crippen LogP contribution in [0.3, 0.4) is 0 Å². The van der Waals surface area contributed by atoms with E-state index in [1.807, 2.05) is 29.2 Å². The molecule has 9 heteroatoms. The minimum absolute atomic E-state index is 0.0704. The molecule has 2 unspecified atom stereocenters. The summed E-state index contributed by atoms with van der Waals surface area (Å²) >= 11 is 6.08. The van der Waals surface area contributed by atoms with E-state index in [1.165, 1.54) is 6.33 Å². The summed E-state index contributed by atoms with van der Waals surface area (Å²) in [6, 6.07) is 7.42. The lowest BCUT2D eigenvalue weighted by Crippen LogP contribution is -2.51. The molecule has 0 radical (unpaired) electrons. The van der Waals surface area contributed by atoms with Gasteiger partial charge in [0, 0.05) is 56.4 Å². The third-order valence-electron chi connectivity index (χ3n) is 7.40. The zero-order chi connectivity index (χ0) is 23.8. The van der Waals surface area contributed by atoms with Gasteiger partial charge in [0.05, 0.1) is 17.7 Å². The number of benzene rings is 1. The summed E-state index contributed by atoms with van der Waals surface area (Å²) in [5.41, 5.74) is 2.68. The van der Waals surface area contributed by atoms with Gasteiger partial charge in [0.1, 0.15) is 18.3 Å². The number of nitrogens with zero attached hydrogens (tertiary/aromatic N) is 5. The average molecular weight is 488 g/mol. The number of likely N-dealkylation sites (tertiary alicyclic amines) is 1. The molecular weight excluding hydrogens is 457 g/mol. The maximum absolute atomic E-state index is 13.8.